The van der Waals surface area contributed by atoms with Crippen LogP contribution in [0, 0.1) is 5.92 Å². The lowest BCUT2D eigenvalue weighted by atomic mass is 9.86. The van der Waals surface area contributed by atoms with Crippen LogP contribution in [0.5, 0.6) is 0 Å². The van der Waals surface area contributed by atoms with Gasteiger partial charge in [-0.25, -0.2) is 8.42 Å². The predicted octanol–water partition coefficient (Wildman–Crippen LogP) is 1.90. The van der Waals surface area contributed by atoms with Crippen molar-refractivity contribution in [1.82, 2.24) is 14.1 Å². The van der Waals surface area contributed by atoms with E-state index in [9.17, 15) is 18.0 Å². The number of piperazine rings is 1. The van der Waals surface area contributed by atoms with Crippen molar-refractivity contribution in [1.29, 1.82) is 0 Å². The Hall–Kier alpha value is -1.97. The molecule has 0 saturated carbocycles. The molecule has 1 aromatic carbocycles. The van der Waals surface area contributed by atoms with Crippen molar-refractivity contribution in [2.75, 3.05) is 57.3 Å². The fourth-order valence-electron chi connectivity index (χ4n) is 5.19. The van der Waals surface area contributed by atoms with Crippen LogP contribution in [0.3, 0.4) is 0 Å². The highest BCUT2D eigenvalue weighted by molar-refractivity contribution is 7.89. The number of fused-ring (bicyclic) bond motifs is 1. The third-order valence-corrected chi connectivity index (χ3v) is 9.30. The number of sulfonamides is 1. The maximum atomic E-state index is 13.3. The Labute approximate surface area is 197 Å². The molecule has 1 atom stereocenters. The van der Waals surface area contributed by atoms with E-state index in [1.165, 1.54) is 4.90 Å². The first kappa shape index (κ1) is 24.2. The maximum absolute atomic E-state index is 13.3. The number of benzene rings is 1. The van der Waals surface area contributed by atoms with Crippen molar-refractivity contribution in [3.8, 4) is 0 Å². The molecular formula is C24H36N4O4S. The number of likely N-dealkylation sites (N-methyl/N-ethyl adjacent to an activating group) is 1. The number of nitrogens with zero attached hydrogens (tertiary/aromatic N) is 4. The average molecular weight is 477 g/mol. The summed E-state index contributed by atoms with van der Waals surface area (Å²) in [5, 5.41) is 0. The van der Waals surface area contributed by atoms with Crippen LogP contribution in [-0.2, 0) is 25.0 Å². The molecule has 1 unspecified atom stereocenters. The van der Waals surface area contributed by atoms with Gasteiger partial charge in [-0.3, -0.25) is 9.59 Å². The number of anilines is 1. The monoisotopic (exact) mass is 476 g/mol. The summed E-state index contributed by atoms with van der Waals surface area (Å²) in [6.45, 7) is 12.8. The first-order chi connectivity index (χ1) is 15.6. The Morgan fingerprint density at radius 3 is 2.45 bits per heavy atom. The molecule has 0 radical (unpaired) electrons. The van der Waals surface area contributed by atoms with Crippen LogP contribution in [-0.4, -0.2) is 86.7 Å². The molecule has 8 nitrogen and oxygen atoms in total. The number of hydrogen-bond donors (Lipinski definition) is 0. The molecule has 0 spiro atoms. The van der Waals surface area contributed by atoms with E-state index in [4.69, 9.17) is 0 Å². The molecule has 1 aromatic rings. The van der Waals surface area contributed by atoms with E-state index in [1.54, 1.807) is 36.4 Å². The zero-order chi connectivity index (χ0) is 24.0. The quantitative estimate of drug-likeness (QED) is 0.648. The molecule has 0 bridgehead atoms. The summed E-state index contributed by atoms with van der Waals surface area (Å²) in [4.78, 5) is 32.2. The Balaban J connectivity index is 1.57. The minimum atomic E-state index is -3.63. The van der Waals surface area contributed by atoms with Crippen molar-refractivity contribution in [3.63, 3.8) is 0 Å². The van der Waals surface area contributed by atoms with Gasteiger partial charge < -0.3 is 14.7 Å². The minimum Gasteiger partial charge on any atom is -0.339 e. The molecule has 0 aromatic heterocycles. The van der Waals surface area contributed by atoms with Crippen molar-refractivity contribution in [2.24, 2.45) is 5.92 Å². The normalized spacial score (nSPS) is 24.2. The summed E-state index contributed by atoms with van der Waals surface area (Å²) in [7, 11) is -3.63. The molecule has 2 saturated heterocycles. The summed E-state index contributed by atoms with van der Waals surface area (Å²) >= 11 is 0. The first-order valence-electron chi connectivity index (χ1n) is 12.0. The van der Waals surface area contributed by atoms with Crippen molar-refractivity contribution < 1.29 is 18.0 Å². The van der Waals surface area contributed by atoms with Gasteiger partial charge in [0.25, 0.3) is 0 Å². The van der Waals surface area contributed by atoms with Gasteiger partial charge in [-0.15, -0.1) is 0 Å². The molecule has 182 valence electrons. The van der Waals surface area contributed by atoms with Crippen LogP contribution in [0.25, 0.3) is 0 Å². The van der Waals surface area contributed by atoms with Crippen molar-refractivity contribution >= 4 is 27.5 Å². The smallest absolute Gasteiger partial charge is 0.243 e. The van der Waals surface area contributed by atoms with Gasteiger partial charge in [-0.2, -0.15) is 4.31 Å². The van der Waals surface area contributed by atoms with Crippen LogP contribution in [0.4, 0.5) is 5.69 Å². The molecule has 0 N–H and O–H groups in total. The van der Waals surface area contributed by atoms with Crippen LogP contribution in [0.2, 0.25) is 0 Å². The number of amides is 2. The summed E-state index contributed by atoms with van der Waals surface area (Å²) < 4.78 is 28.2. The van der Waals surface area contributed by atoms with Gasteiger partial charge in [0.1, 0.15) is 6.54 Å². The molecule has 3 heterocycles. The topological polar surface area (TPSA) is 81.2 Å². The number of hydrogen-bond acceptors (Lipinski definition) is 5. The van der Waals surface area contributed by atoms with Gasteiger partial charge in [-0.05, 0) is 62.9 Å². The molecule has 33 heavy (non-hydrogen) atoms. The molecule has 3 aliphatic heterocycles. The summed E-state index contributed by atoms with van der Waals surface area (Å²) in [5.41, 5.74) is 0.413. The Kier molecular flexibility index (Phi) is 6.59. The minimum absolute atomic E-state index is 0.0167. The van der Waals surface area contributed by atoms with E-state index >= 15 is 0 Å². The number of piperidine rings is 1. The van der Waals surface area contributed by atoms with Crippen molar-refractivity contribution in [2.45, 2.75) is 50.8 Å². The highest BCUT2D eigenvalue weighted by atomic mass is 32.2. The van der Waals surface area contributed by atoms with Gasteiger partial charge in [0, 0.05) is 45.0 Å². The van der Waals surface area contributed by atoms with Crippen LogP contribution in [0.15, 0.2) is 23.1 Å². The highest BCUT2D eigenvalue weighted by Gasteiger charge is 2.45. The van der Waals surface area contributed by atoms with Crippen LogP contribution >= 0.6 is 0 Å². The molecule has 4 rings (SSSR count). The zero-order valence-corrected chi connectivity index (χ0v) is 21.0. The largest absolute Gasteiger partial charge is 0.339 e. The van der Waals surface area contributed by atoms with E-state index in [0.717, 1.165) is 32.5 Å². The Morgan fingerprint density at radius 1 is 1.12 bits per heavy atom. The summed E-state index contributed by atoms with van der Waals surface area (Å²) in [6, 6.07) is 4.93. The zero-order valence-electron chi connectivity index (χ0n) is 20.2. The Bertz CT molecular complexity index is 1030. The van der Waals surface area contributed by atoms with Gasteiger partial charge in [-0.1, -0.05) is 13.8 Å². The fourth-order valence-corrected chi connectivity index (χ4v) is 6.82. The highest BCUT2D eigenvalue weighted by Crippen LogP contribution is 2.43. The van der Waals surface area contributed by atoms with E-state index in [2.05, 4.69) is 18.7 Å². The Morgan fingerprint density at radius 2 is 1.82 bits per heavy atom. The fraction of sp³-hybridized carbons (Fsp3) is 0.667. The number of carbonyl (C=O) groups excluding carboxylic acids is 2. The number of rotatable bonds is 5. The van der Waals surface area contributed by atoms with Crippen LogP contribution in [0.1, 0.15) is 46.1 Å². The summed E-state index contributed by atoms with van der Waals surface area (Å²) in [6.07, 6.45) is 1.89. The third-order valence-electron chi connectivity index (χ3n) is 7.44. The standard InChI is InChI=1S/C24H36N4O4S/c1-5-25-11-13-26(14-12-25)22(29)17-28-21-9-8-19(15-20(21)24(3,4)23(28)30)33(31,32)27-10-6-7-18(2)16-27/h8-9,15,18H,5-7,10-14,16-17H2,1-4H3. The average Bonchev–Trinajstić information content (AvgIpc) is 2.99. The molecule has 3 aliphatic rings. The first-order valence-corrected chi connectivity index (χ1v) is 13.5. The van der Waals surface area contributed by atoms with Gasteiger partial charge >= 0.3 is 0 Å². The SMILES string of the molecule is CCN1CCN(C(=O)CN2C(=O)C(C)(C)c3cc(S(=O)(=O)N4CCCC(C)C4)ccc32)CC1. The lowest BCUT2D eigenvalue weighted by Gasteiger charge is -2.35. The number of carbonyl (C=O) groups is 2. The second kappa shape index (κ2) is 9.00. The second-order valence-corrected chi connectivity index (χ2v) is 12.1. The molecule has 9 heteroatoms. The predicted molar refractivity (Wildman–Crippen MR) is 128 cm³/mol. The third kappa shape index (κ3) is 4.42. The van der Waals surface area contributed by atoms with Gasteiger partial charge in [0.15, 0.2) is 0 Å². The van der Waals surface area contributed by atoms with E-state index in [1.807, 2.05) is 4.90 Å². The second-order valence-electron chi connectivity index (χ2n) is 10.1. The lowest BCUT2D eigenvalue weighted by Crippen LogP contribution is -2.52. The van der Waals surface area contributed by atoms with Gasteiger partial charge in [0.05, 0.1) is 10.3 Å². The van der Waals surface area contributed by atoms with Gasteiger partial charge in [0.2, 0.25) is 21.8 Å². The van der Waals surface area contributed by atoms with Crippen molar-refractivity contribution in [3.05, 3.63) is 23.8 Å². The van der Waals surface area contributed by atoms with E-state index in [0.29, 0.717) is 43.3 Å². The van der Waals surface area contributed by atoms with Crippen LogP contribution < -0.4 is 4.90 Å². The molecule has 2 amide bonds. The molecule has 0 aliphatic carbocycles. The maximum Gasteiger partial charge on any atom is 0.243 e. The lowest BCUT2D eigenvalue weighted by molar-refractivity contribution is -0.133. The van der Waals surface area contributed by atoms with E-state index < -0.39 is 15.4 Å². The molecular weight excluding hydrogens is 440 g/mol. The molecule has 2 fully saturated rings. The summed E-state index contributed by atoms with van der Waals surface area (Å²) in [5.74, 6) is 0.0996. The van der Waals surface area contributed by atoms with E-state index in [-0.39, 0.29) is 23.3 Å².